The Morgan fingerprint density at radius 1 is 1.64 bits per heavy atom. The van der Waals surface area contributed by atoms with Gasteiger partial charge < -0.3 is 5.73 Å². The van der Waals surface area contributed by atoms with E-state index in [0.717, 1.165) is 19.1 Å². The van der Waals surface area contributed by atoms with Gasteiger partial charge in [-0.15, -0.1) is 0 Å². The minimum Gasteiger partial charge on any atom is -0.392 e. The fraction of sp³-hybridized carbons (Fsp3) is 0.875. The molecule has 0 aliphatic heterocycles. The summed E-state index contributed by atoms with van der Waals surface area (Å²) in [6.45, 7) is 4.14. The van der Waals surface area contributed by atoms with Crippen LogP contribution < -0.4 is 5.73 Å². The maximum absolute atomic E-state index is 5.48. The third kappa shape index (κ3) is 3.16. The van der Waals surface area contributed by atoms with Crippen molar-refractivity contribution in [3.8, 4) is 0 Å². The lowest BCUT2D eigenvalue weighted by Gasteiger charge is -2.19. The fourth-order valence-corrected chi connectivity index (χ4v) is 1.48. The molecule has 3 heteroatoms. The van der Waals surface area contributed by atoms with E-state index in [1.165, 1.54) is 19.3 Å². The average molecular weight is 172 g/mol. The highest BCUT2D eigenvalue weighted by atomic mass is 32.1. The number of hydrogen-bond donors (Lipinski definition) is 1. The van der Waals surface area contributed by atoms with Gasteiger partial charge in [-0.05, 0) is 25.8 Å². The van der Waals surface area contributed by atoms with E-state index < -0.39 is 0 Å². The van der Waals surface area contributed by atoms with Crippen LogP contribution in [-0.4, -0.2) is 29.0 Å². The number of rotatable bonds is 5. The van der Waals surface area contributed by atoms with Crippen molar-refractivity contribution in [2.75, 3.05) is 13.1 Å². The van der Waals surface area contributed by atoms with Crippen LogP contribution in [0.5, 0.6) is 0 Å². The highest BCUT2D eigenvalue weighted by Gasteiger charge is 2.28. The molecule has 1 aliphatic rings. The maximum atomic E-state index is 5.48. The zero-order valence-corrected chi connectivity index (χ0v) is 7.86. The Balaban J connectivity index is 2.26. The molecule has 0 unspecified atom stereocenters. The molecule has 0 saturated heterocycles. The molecule has 0 heterocycles. The fourth-order valence-electron chi connectivity index (χ4n) is 1.32. The van der Waals surface area contributed by atoms with Crippen molar-refractivity contribution in [2.45, 2.75) is 32.2 Å². The average Bonchev–Trinajstić information content (AvgIpc) is 2.66. The lowest BCUT2D eigenvalue weighted by molar-refractivity contribution is 0.302. The Bertz CT molecular complexity index is 143. The van der Waals surface area contributed by atoms with Crippen molar-refractivity contribution in [1.82, 2.24) is 4.90 Å². The number of thiocarbonyl (C=S) groups is 1. The van der Waals surface area contributed by atoms with Gasteiger partial charge in [-0.1, -0.05) is 19.1 Å². The van der Waals surface area contributed by atoms with Crippen molar-refractivity contribution in [2.24, 2.45) is 5.73 Å². The second-order valence-corrected chi connectivity index (χ2v) is 3.69. The van der Waals surface area contributed by atoms with E-state index in [4.69, 9.17) is 18.0 Å². The molecule has 0 spiro atoms. The molecular weight excluding hydrogens is 156 g/mol. The van der Waals surface area contributed by atoms with E-state index >= 15 is 0 Å². The smallest absolute Gasteiger partial charge is 0.0870 e. The summed E-state index contributed by atoms with van der Waals surface area (Å²) >= 11 is 4.87. The highest BCUT2D eigenvalue weighted by molar-refractivity contribution is 7.80. The van der Waals surface area contributed by atoms with Crippen molar-refractivity contribution in [3.05, 3.63) is 0 Å². The molecule has 2 N–H and O–H groups in total. The molecule has 0 amide bonds. The van der Waals surface area contributed by atoms with Crippen LogP contribution in [0.25, 0.3) is 0 Å². The van der Waals surface area contributed by atoms with Crippen molar-refractivity contribution in [3.63, 3.8) is 0 Å². The summed E-state index contributed by atoms with van der Waals surface area (Å²) in [5, 5.41) is 0. The normalized spacial score (nSPS) is 17.3. The topological polar surface area (TPSA) is 29.3 Å². The predicted molar refractivity (Wildman–Crippen MR) is 51.7 cm³/mol. The Morgan fingerprint density at radius 2 is 2.27 bits per heavy atom. The molecule has 0 radical (unpaired) electrons. The summed E-state index contributed by atoms with van der Waals surface area (Å²) in [6, 6.07) is 0.788. The summed E-state index contributed by atoms with van der Waals surface area (Å²) in [6.07, 6.45) is 3.87. The Morgan fingerprint density at radius 3 is 2.64 bits per heavy atom. The van der Waals surface area contributed by atoms with E-state index in [0.29, 0.717) is 4.99 Å². The minimum absolute atomic E-state index is 0.630. The maximum Gasteiger partial charge on any atom is 0.0870 e. The first kappa shape index (κ1) is 8.94. The van der Waals surface area contributed by atoms with Crippen LogP contribution in [-0.2, 0) is 0 Å². The summed E-state index contributed by atoms with van der Waals surface area (Å²) < 4.78 is 0. The van der Waals surface area contributed by atoms with E-state index in [1.807, 2.05) is 0 Å². The SMILES string of the molecule is CCCN(CC(N)=S)C1CC1. The highest BCUT2D eigenvalue weighted by Crippen LogP contribution is 2.26. The van der Waals surface area contributed by atoms with Gasteiger partial charge in [0.15, 0.2) is 0 Å². The molecule has 0 aromatic carbocycles. The Labute approximate surface area is 73.7 Å². The molecular formula is C8H16N2S. The third-order valence-electron chi connectivity index (χ3n) is 1.93. The second kappa shape index (κ2) is 4.02. The Hall–Kier alpha value is -0.150. The zero-order chi connectivity index (χ0) is 8.27. The molecule has 1 rings (SSSR count). The van der Waals surface area contributed by atoms with Crippen LogP contribution in [0.2, 0.25) is 0 Å². The van der Waals surface area contributed by atoms with Gasteiger partial charge in [0, 0.05) is 12.6 Å². The number of nitrogens with zero attached hydrogens (tertiary/aromatic N) is 1. The third-order valence-corrected chi connectivity index (χ3v) is 2.06. The van der Waals surface area contributed by atoms with Gasteiger partial charge >= 0.3 is 0 Å². The van der Waals surface area contributed by atoms with Crippen molar-refractivity contribution >= 4 is 17.2 Å². The molecule has 1 fully saturated rings. The molecule has 0 bridgehead atoms. The lowest BCUT2D eigenvalue weighted by Crippen LogP contribution is -2.34. The van der Waals surface area contributed by atoms with E-state index in [9.17, 15) is 0 Å². The van der Waals surface area contributed by atoms with Gasteiger partial charge in [0.05, 0.1) is 4.99 Å². The van der Waals surface area contributed by atoms with Gasteiger partial charge in [-0.2, -0.15) is 0 Å². The monoisotopic (exact) mass is 172 g/mol. The largest absolute Gasteiger partial charge is 0.392 e. The molecule has 0 aromatic rings. The Kier molecular flexibility index (Phi) is 3.27. The molecule has 64 valence electrons. The zero-order valence-electron chi connectivity index (χ0n) is 7.05. The summed E-state index contributed by atoms with van der Waals surface area (Å²) in [4.78, 5) is 3.02. The number of hydrogen-bond acceptors (Lipinski definition) is 2. The summed E-state index contributed by atoms with van der Waals surface area (Å²) in [7, 11) is 0. The van der Waals surface area contributed by atoms with E-state index in [-0.39, 0.29) is 0 Å². The molecule has 0 atom stereocenters. The molecule has 1 aliphatic carbocycles. The van der Waals surface area contributed by atoms with Crippen LogP contribution in [0.4, 0.5) is 0 Å². The van der Waals surface area contributed by atoms with E-state index in [2.05, 4.69) is 11.8 Å². The summed E-state index contributed by atoms with van der Waals surface area (Å²) in [5.74, 6) is 0. The lowest BCUT2D eigenvalue weighted by atomic mass is 10.4. The first-order chi connectivity index (χ1) is 5.24. The van der Waals surface area contributed by atoms with Crippen molar-refractivity contribution in [1.29, 1.82) is 0 Å². The van der Waals surface area contributed by atoms with Gasteiger partial charge in [0.25, 0.3) is 0 Å². The van der Waals surface area contributed by atoms with Gasteiger partial charge in [0.2, 0.25) is 0 Å². The van der Waals surface area contributed by atoms with Crippen LogP contribution >= 0.6 is 12.2 Å². The van der Waals surface area contributed by atoms with Crippen LogP contribution in [0.3, 0.4) is 0 Å². The van der Waals surface area contributed by atoms with Crippen molar-refractivity contribution < 1.29 is 0 Å². The first-order valence-corrected chi connectivity index (χ1v) is 4.67. The van der Waals surface area contributed by atoms with E-state index in [1.54, 1.807) is 0 Å². The molecule has 2 nitrogen and oxygen atoms in total. The van der Waals surface area contributed by atoms with Gasteiger partial charge in [-0.25, -0.2) is 0 Å². The quantitative estimate of drug-likeness (QED) is 0.631. The number of nitrogens with two attached hydrogens (primary N) is 1. The minimum atomic E-state index is 0.630. The predicted octanol–water partition coefficient (Wildman–Crippen LogP) is 1.15. The van der Waals surface area contributed by atoms with Crippen LogP contribution in [0.15, 0.2) is 0 Å². The molecule has 1 saturated carbocycles. The van der Waals surface area contributed by atoms with Gasteiger partial charge in [-0.3, -0.25) is 4.90 Å². The first-order valence-electron chi connectivity index (χ1n) is 4.26. The van der Waals surface area contributed by atoms with Gasteiger partial charge in [0.1, 0.15) is 0 Å². The van der Waals surface area contributed by atoms with Crippen LogP contribution in [0, 0.1) is 0 Å². The standard InChI is InChI=1S/C8H16N2S/c1-2-5-10(6-8(9)11)7-3-4-7/h7H,2-6H2,1H3,(H2,9,11). The second-order valence-electron chi connectivity index (χ2n) is 3.17. The molecule has 0 aromatic heterocycles. The molecule has 11 heavy (non-hydrogen) atoms. The van der Waals surface area contributed by atoms with Crippen LogP contribution in [0.1, 0.15) is 26.2 Å². The summed E-state index contributed by atoms with van der Waals surface area (Å²) in [5.41, 5.74) is 5.48.